The van der Waals surface area contributed by atoms with Gasteiger partial charge in [-0.25, -0.2) is 0 Å². The van der Waals surface area contributed by atoms with Crippen LogP contribution in [0.2, 0.25) is 0 Å². The number of rotatable bonds is 8. The fraction of sp³-hybridized carbons (Fsp3) is 0.417. The Morgan fingerprint density at radius 1 is 1.61 bits per heavy atom. The largest absolute Gasteiger partial charge is 0.377 e. The number of hydrogen-bond acceptors (Lipinski definition) is 4. The molecule has 0 saturated carbocycles. The van der Waals surface area contributed by atoms with Crippen LogP contribution in [-0.2, 0) is 11.8 Å². The summed E-state index contributed by atoms with van der Waals surface area (Å²) in [7, 11) is 1.69. The van der Waals surface area contributed by atoms with Crippen molar-refractivity contribution in [2.45, 2.75) is 12.3 Å². The van der Waals surface area contributed by atoms with E-state index in [9.17, 15) is 10.1 Å². The van der Waals surface area contributed by atoms with Crippen molar-refractivity contribution >= 4 is 5.69 Å². The average molecular weight is 251 g/mol. The Morgan fingerprint density at radius 3 is 2.89 bits per heavy atom. The van der Waals surface area contributed by atoms with Gasteiger partial charge in [-0.2, -0.15) is 5.10 Å². The maximum atomic E-state index is 10.9. The van der Waals surface area contributed by atoms with Crippen LogP contribution in [0.25, 0.3) is 0 Å². The second-order valence-electron chi connectivity index (χ2n) is 3.84. The molecule has 0 fully saturated rings. The second-order valence-corrected chi connectivity index (χ2v) is 3.84. The van der Waals surface area contributed by atoms with Gasteiger partial charge in [-0.1, -0.05) is 12.2 Å². The zero-order chi connectivity index (χ0) is 13.5. The molecule has 0 amide bonds. The van der Waals surface area contributed by atoms with Gasteiger partial charge in [0.1, 0.15) is 11.9 Å². The molecule has 18 heavy (non-hydrogen) atoms. The summed E-state index contributed by atoms with van der Waals surface area (Å²) in [4.78, 5) is 10.5. The lowest BCUT2D eigenvalue weighted by Crippen LogP contribution is -2.13. The first-order chi connectivity index (χ1) is 8.61. The fourth-order valence-corrected chi connectivity index (χ4v) is 1.80. The summed E-state index contributed by atoms with van der Waals surface area (Å²) in [5.41, 5.74) is 0.579. The van der Waals surface area contributed by atoms with Crippen molar-refractivity contribution < 1.29 is 9.66 Å². The van der Waals surface area contributed by atoms with E-state index in [-0.39, 0.29) is 11.6 Å². The predicted molar refractivity (Wildman–Crippen MR) is 68.4 cm³/mol. The van der Waals surface area contributed by atoms with Crippen LogP contribution >= 0.6 is 0 Å². The molecule has 98 valence electrons. The Labute approximate surface area is 106 Å². The van der Waals surface area contributed by atoms with Crippen LogP contribution in [0.4, 0.5) is 5.69 Å². The van der Waals surface area contributed by atoms with Crippen molar-refractivity contribution in [3.8, 4) is 0 Å². The average Bonchev–Trinajstić information content (AvgIpc) is 2.70. The number of nitro groups is 1. The Morgan fingerprint density at radius 2 is 2.33 bits per heavy atom. The van der Waals surface area contributed by atoms with E-state index in [1.807, 2.05) is 0 Å². The number of aromatic nitrogens is 2. The lowest BCUT2D eigenvalue weighted by Gasteiger charge is -2.14. The topological polar surface area (TPSA) is 70.2 Å². The zero-order valence-corrected chi connectivity index (χ0v) is 10.4. The van der Waals surface area contributed by atoms with Gasteiger partial charge in [0.15, 0.2) is 0 Å². The molecule has 0 radical (unpaired) electrons. The minimum atomic E-state index is -0.425. The third-order valence-electron chi connectivity index (χ3n) is 2.55. The summed E-state index contributed by atoms with van der Waals surface area (Å²) >= 11 is 0. The van der Waals surface area contributed by atoms with E-state index in [2.05, 4.69) is 18.3 Å². The Kier molecular flexibility index (Phi) is 5.26. The number of allylic oxidation sites excluding steroid dienone is 1. The maximum Gasteiger partial charge on any atom is 0.310 e. The monoisotopic (exact) mass is 251 g/mol. The minimum absolute atomic E-state index is 0.0200. The molecule has 0 aromatic carbocycles. The van der Waals surface area contributed by atoms with Crippen LogP contribution in [-0.4, -0.2) is 27.9 Å². The first-order valence-corrected chi connectivity index (χ1v) is 5.57. The summed E-state index contributed by atoms with van der Waals surface area (Å²) in [5, 5.41) is 14.9. The van der Waals surface area contributed by atoms with Gasteiger partial charge in [0.25, 0.3) is 0 Å². The van der Waals surface area contributed by atoms with Gasteiger partial charge in [0, 0.05) is 13.0 Å². The van der Waals surface area contributed by atoms with E-state index in [4.69, 9.17) is 4.74 Å². The van der Waals surface area contributed by atoms with Crippen molar-refractivity contribution in [2.75, 3.05) is 13.2 Å². The maximum absolute atomic E-state index is 10.9. The molecule has 1 heterocycles. The molecule has 6 nitrogen and oxygen atoms in total. The number of nitrogens with zero attached hydrogens (tertiary/aromatic N) is 3. The van der Waals surface area contributed by atoms with Crippen molar-refractivity contribution in [2.24, 2.45) is 7.05 Å². The second kappa shape index (κ2) is 6.70. The SMILES string of the molecule is C=CCOC[C@H](CC=C)c1c([N+](=O)[O-])cnn1C. The van der Waals surface area contributed by atoms with Gasteiger partial charge in [-0.15, -0.1) is 13.2 Å². The smallest absolute Gasteiger partial charge is 0.310 e. The summed E-state index contributed by atoms with van der Waals surface area (Å²) in [6, 6.07) is 0. The van der Waals surface area contributed by atoms with E-state index in [1.54, 1.807) is 19.2 Å². The van der Waals surface area contributed by atoms with Gasteiger partial charge in [-0.3, -0.25) is 14.8 Å². The standard InChI is InChI=1S/C12H17N3O3/c1-4-6-10(9-18-7-5-2)12-11(15(16)17)8-13-14(12)3/h4-5,8,10H,1-2,6-7,9H2,3H3/t10-/m0/s1. The summed E-state index contributed by atoms with van der Waals surface area (Å²) in [6.07, 6.45) is 5.22. The molecule has 1 aromatic rings. The molecule has 0 aliphatic rings. The van der Waals surface area contributed by atoms with E-state index in [0.29, 0.717) is 25.3 Å². The van der Waals surface area contributed by atoms with Gasteiger partial charge < -0.3 is 4.74 Å². The molecule has 0 aliphatic heterocycles. The molecule has 0 aliphatic carbocycles. The third-order valence-corrected chi connectivity index (χ3v) is 2.55. The first kappa shape index (κ1) is 14.1. The highest BCUT2D eigenvalue weighted by Gasteiger charge is 2.26. The van der Waals surface area contributed by atoms with Crippen molar-refractivity contribution in [3.05, 3.63) is 47.3 Å². The molecule has 1 aromatic heterocycles. The van der Waals surface area contributed by atoms with Crippen LogP contribution in [0.15, 0.2) is 31.5 Å². The van der Waals surface area contributed by atoms with E-state index < -0.39 is 4.92 Å². The minimum Gasteiger partial charge on any atom is -0.377 e. The fourth-order valence-electron chi connectivity index (χ4n) is 1.80. The van der Waals surface area contributed by atoms with Crippen molar-refractivity contribution in [1.82, 2.24) is 9.78 Å². The van der Waals surface area contributed by atoms with Crippen LogP contribution in [0, 0.1) is 10.1 Å². The van der Waals surface area contributed by atoms with Gasteiger partial charge >= 0.3 is 5.69 Å². The molecule has 0 N–H and O–H groups in total. The quantitative estimate of drug-likeness (QED) is 0.307. The normalized spacial score (nSPS) is 12.1. The van der Waals surface area contributed by atoms with E-state index in [0.717, 1.165) is 0 Å². The number of aryl methyl sites for hydroxylation is 1. The molecular formula is C12H17N3O3. The Bertz CT molecular complexity index is 440. The molecule has 0 bridgehead atoms. The van der Waals surface area contributed by atoms with Gasteiger partial charge in [0.2, 0.25) is 0 Å². The highest BCUT2D eigenvalue weighted by Crippen LogP contribution is 2.28. The first-order valence-electron chi connectivity index (χ1n) is 5.57. The molecule has 0 saturated heterocycles. The number of ether oxygens (including phenoxy) is 1. The Balaban J connectivity index is 2.96. The predicted octanol–water partition coefficient (Wildman–Crippen LogP) is 2.19. The zero-order valence-electron chi connectivity index (χ0n) is 10.4. The van der Waals surface area contributed by atoms with Gasteiger partial charge in [-0.05, 0) is 6.42 Å². The molecule has 0 spiro atoms. The molecule has 1 atom stereocenters. The highest BCUT2D eigenvalue weighted by atomic mass is 16.6. The third kappa shape index (κ3) is 3.27. The highest BCUT2D eigenvalue weighted by molar-refractivity contribution is 5.36. The van der Waals surface area contributed by atoms with Crippen molar-refractivity contribution in [1.29, 1.82) is 0 Å². The van der Waals surface area contributed by atoms with Crippen molar-refractivity contribution in [3.63, 3.8) is 0 Å². The van der Waals surface area contributed by atoms with Crippen LogP contribution < -0.4 is 0 Å². The lowest BCUT2D eigenvalue weighted by molar-refractivity contribution is -0.385. The molecule has 1 rings (SSSR count). The summed E-state index contributed by atoms with van der Waals surface area (Å²) < 4.78 is 6.90. The summed E-state index contributed by atoms with van der Waals surface area (Å²) in [6.45, 7) is 8.02. The van der Waals surface area contributed by atoms with E-state index >= 15 is 0 Å². The van der Waals surface area contributed by atoms with Crippen LogP contribution in [0.1, 0.15) is 18.0 Å². The molecule has 6 heteroatoms. The lowest BCUT2D eigenvalue weighted by atomic mass is 10.0. The Hall–Kier alpha value is -1.95. The van der Waals surface area contributed by atoms with Crippen LogP contribution in [0.3, 0.4) is 0 Å². The van der Waals surface area contributed by atoms with Gasteiger partial charge in [0.05, 0.1) is 18.1 Å². The number of hydrogen-bond donors (Lipinski definition) is 0. The molecule has 0 unspecified atom stereocenters. The molecular weight excluding hydrogens is 234 g/mol. The van der Waals surface area contributed by atoms with E-state index in [1.165, 1.54) is 10.9 Å². The van der Waals surface area contributed by atoms with Crippen LogP contribution in [0.5, 0.6) is 0 Å². The summed E-state index contributed by atoms with van der Waals surface area (Å²) in [5.74, 6) is -0.129.